The van der Waals surface area contributed by atoms with E-state index in [0.29, 0.717) is 10.6 Å². The molecule has 1 aromatic heterocycles. The number of amides is 1. The summed E-state index contributed by atoms with van der Waals surface area (Å²) < 4.78 is 0. The van der Waals surface area contributed by atoms with Crippen molar-refractivity contribution in [3.8, 4) is 17.1 Å². The van der Waals surface area contributed by atoms with E-state index in [1.807, 2.05) is 0 Å². The number of hydrogen-bond donors (Lipinski definition) is 3. The molecule has 9 nitrogen and oxygen atoms in total. The first kappa shape index (κ1) is 18.1. The molecule has 0 aliphatic heterocycles. The molecule has 0 fully saturated rings. The van der Waals surface area contributed by atoms with Crippen molar-refractivity contribution in [2.75, 3.05) is 5.32 Å². The molecule has 1 heterocycles. The number of anilines is 1. The number of carbonyl (C=O) groups is 1. The third-order valence-corrected chi connectivity index (χ3v) is 3.85. The van der Waals surface area contributed by atoms with Crippen molar-refractivity contribution < 1.29 is 14.8 Å². The van der Waals surface area contributed by atoms with Gasteiger partial charge < -0.3 is 15.4 Å². The van der Waals surface area contributed by atoms with E-state index in [2.05, 4.69) is 15.3 Å². The summed E-state index contributed by atoms with van der Waals surface area (Å²) in [5.41, 5.74) is -0.778. The van der Waals surface area contributed by atoms with Gasteiger partial charge in [-0.1, -0.05) is 11.6 Å². The molecule has 3 N–H and O–H groups in total. The third-order valence-electron chi connectivity index (χ3n) is 3.60. The number of aromatic amines is 1. The molecule has 1 amide bonds. The third kappa shape index (κ3) is 3.93. The number of nitro groups is 1. The number of halogens is 1. The van der Waals surface area contributed by atoms with Gasteiger partial charge in [-0.2, -0.15) is 0 Å². The number of aromatic nitrogens is 2. The first-order valence-electron chi connectivity index (χ1n) is 7.49. The van der Waals surface area contributed by atoms with Crippen molar-refractivity contribution in [2.24, 2.45) is 0 Å². The van der Waals surface area contributed by atoms with Gasteiger partial charge >= 0.3 is 0 Å². The number of phenolic OH excluding ortho intramolecular Hbond substituents is 1. The minimum absolute atomic E-state index is 0.0771. The first-order chi connectivity index (χ1) is 12.8. The van der Waals surface area contributed by atoms with Crippen molar-refractivity contribution in [3.63, 3.8) is 0 Å². The smallest absolute Gasteiger partial charge is 0.273 e. The summed E-state index contributed by atoms with van der Waals surface area (Å²) in [5.74, 6) is -1.07. The molecule has 3 aromatic rings. The Morgan fingerprint density at radius 2 is 1.93 bits per heavy atom. The van der Waals surface area contributed by atoms with Gasteiger partial charge in [-0.25, -0.2) is 4.98 Å². The summed E-state index contributed by atoms with van der Waals surface area (Å²) >= 11 is 5.81. The van der Waals surface area contributed by atoms with Crippen LogP contribution in [0.2, 0.25) is 5.02 Å². The highest BCUT2D eigenvalue weighted by molar-refractivity contribution is 6.30. The van der Waals surface area contributed by atoms with E-state index in [1.54, 1.807) is 24.3 Å². The Hall–Kier alpha value is -3.72. The molecule has 0 aliphatic carbocycles. The molecule has 0 unspecified atom stereocenters. The quantitative estimate of drug-likeness (QED) is 0.358. The van der Waals surface area contributed by atoms with E-state index >= 15 is 0 Å². The van der Waals surface area contributed by atoms with Gasteiger partial charge in [0.2, 0.25) is 0 Å². The summed E-state index contributed by atoms with van der Waals surface area (Å²) in [6.07, 6.45) is 1.10. The Morgan fingerprint density at radius 1 is 1.22 bits per heavy atom. The average Bonchev–Trinajstić information content (AvgIpc) is 2.63. The van der Waals surface area contributed by atoms with Gasteiger partial charge in [-0.15, -0.1) is 0 Å². The molecule has 2 aromatic carbocycles. The van der Waals surface area contributed by atoms with E-state index in [-0.39, 0.29) is 22.8 Å². The number of carbonyl (C=O) groups excluding carboxylic acids is 1. The zero-order valence-corrected chi connectivity index (χ0v) is 14.2. The zero-order valence-electron chi connectivity index (χ0n) is 13.5. The number of nitrogens with one attached hydrogen (secondary N) is 2. The standard InChI is InChI=1S/C17H11ClN4O5/c18-10-3-1-9(2-4-10)15-19-8-12(17(25)21-15)16(24)20-13-6-5-11(22(26)27)7-14(13)23/h1-8,23H,(H,20,24)(H,19,21,25). The lowest BCUT2D eigenvalue weighted by Crippen LogP contribution is -2.24. The molecule has 0 saturated heterocycles. The molecule has 0 saturated carbocycles. The van der Waals surface area contributed by atoms with Crippen molar-refractivity contribution in [1.82, 2.24) is 9.97 Å². The molecule has 3 rings (SSSR count). The number of nitro benzene ring substituents is 1. The second-order valence-corrected chi connectivity index (χ2v) is 5.83. The highest BCUT2D eigenvalue weighted by Crippen LogP contribution is 2.28. The molecular formula is C17H11ClN4O5. The monoisotopic (exact) mass is 386 g/mol. The second kappa shape index (κ2) is 7.26. The van der Waals surface area contributed by atoms with Crippen LogP contribution in [0.3, 0.4) is 0 Å². The number of aromatic hydroxyl groups is 1. The number of non-ortho nitro benzene ring substituents is 1. The van der Waals surface area contributed by atoms with Crippen LogP contribution in [-0.4, -0.2) is 25.9 Å². The van der Waals surface area contributed by atoms with Crippen LogP contribution in [0.1, 0.15) is 10.4 Å². The highest BCUT2D eigenvalue weighted by Gasteiger charge is 2.16. The maximum absolute atomic E-state index is 12.3. The van der Waals surface area contributed by atoms with Crippen LogP contribution < -0.4 is 10.9 Å². The molecule has 136 valence electrons. The van der Waals surface area contributed by atoms with E-state index < -0.39 is 22.1 Å². The van der Waals surface area contributed by atoms with Crippen molar-refractivity contribution in [1.29, 1.82) is 0 Å². The number of rotatable bonds is 4. The SMILES string of the molecule is O=C(Nc1ccc([N+](=O)[O-])cc1O)c1cnc(-c2ccc(Cl)cc2)[nH]c1=O. The van der Waals surface area contributed by atoms with Gasteiger partial charge in [0.1, 0.15) is 17.1 Å². The molecule has 0 atom stereocenters. The van der Waals surface area contributed by atoms with Crippen LogP contribution in [0, 0.1) is 10.1 Å². The fourth-order valence-electron chi connectivity index (χ4n) is 2.24. The minimum Gasteiger partial charge on any atom is -0.506 e. The number of nitrogens with zero attached hydrogens (tertiary/aromatic N) is 2. The summed E-state index contributed by atoms with van der Waals surface area (Å²) in [6.45, 7) is 0. The Kier molecular flexibility index (Phi) is 4.86. The van der Waals surface area contributed by atoms with E-state index in [4.69, 9.17) is 11.6 Å². The number of hydrogen-bond acceptors (Lipinski definition) is 6. The number of phenols is 1. The lowest BCUT2D eigenvalue weighted by molar-refractivity contribution is -0.384. The highest BCUT2D eigenvalue weighted by atomic mass is 35.5. The van der Waals surface area contributed by atoms with Crippen molar-refractivity contribution in [2.45, 2.75) is 0 Å². The number of H-pyrrole nitrogens is 1. The maximum atomic E-state index is 12.3. The summed E-state index contributed by atoms with van der Waals surface area (Å²) in [6, 6.07) is 9.76. The molecule has 0 bridgehead atoms. The largest absolute Gasteiger partial charge is 0.506 e. The summed E-state index contributed by atoms with van der Waals surface area (Å²) in [7, 11) is 0. The molecule has 10 heteroatoms. The van der Waals surface area contributed by atoms with E-state index in [0.717, 1.165) is 24.4 Å². The first-order valence-corrected chi connectivity index (χ1v) is 7.87. The van der Waals surface area contributed by atoms with Gasteiger partial charge in [0.05, 0.1) is 16.7 Å². The van der Waals surface area contributed by atoms with Crippen LogP contribution in [-0.2, 0) is 0 Å². The van der Waals surface area contributed by atoms with E-state index in [1.165, 1.54) is 0 Å². The van der Waals surface area contributed by atoms with Crippen molar-refractivity contribution >= 4 is 28.9 Å². The molecular weight excluding hydrogens is 376 g/mol. The Bertz CT molecular complexity index is 1100. The van der Waals surface area contributed by atoms with E-state index in [9.17, 15) is 24.8 Å². The van der Waals surface area contributed by atoms with Gasteiger partial charge in [0, 0.05) is 22.8 Å². The van der Waals surface area contributed by atoms with Gasteiger partial charge in [0.25, 0.3) is 17.2 Å². The van der Waals surface area contributed by atoms with Crippen LogP contribution in [0.25, 0.3) is 11.4 Å². The van der Waals surface area contributed by atoms with Crippen molar-refractivity contribution in [3.05, 3.63) is 79.7 Å². The maximum Gasteiger partial charge on any atom is 0.273 e. The van der Waals surface area contributed by atoms with Crippen LogP contribution in [0.4, 0.5) is 11.4 Å². The lowest BCUT2D eigenvalue weighted by Gasteiger charge is -2.07. The fourth-order valence-corrected chi connectivity index (χ4v) is 2.37. The Labute approximate surface area is 156 Å². The topological polar surface area (TPSA) is 138 Å². The molecule has 0 spiro atoms. The predicted molar refractivity (Wildman–Crippen MR) is 98.0 cm³/mol. The van der Waals surface area contributed by atoms with Crippen LogP contribution >= 0.6 is 11.6 Å². The van der Waals surface area contributed by atoms with Gasteiger partial charge in [-0.05, 0) is 30.3 Å². The van der Waals surface area contributed by atoms with Gasteiger partial charge in [0.15, 0.2) is 0 Å². The number of benzene rings is 2. The minimum atomic E-state index is -0.824. The predicted octanol–water partition coefficient (Wildman–Crippen LogP) is 2.96. The average molecular weight is 387 g/mol. The lowest BCUT2D eigenvalue weighted by atomic mass is 10.2. The van der Waals surface area contributed by atoms with Crippen LogP contribution in [0.15, 0.2) is 53.5 Å². The molecule has 0 radical (unpaired) electrons. The molecule has 27 heavy (non-hydrogen) atoms. The Balaban J connectivity index is 1.84. The normalized spacial score (nSPS) is 10.4. The Morgan fingerprint density at radius 3 is 2.52 bits per heavy atom. The summed E-state index contributed by atoms with van der Waals surface area (Å²) in [5, 5.41) is 23.3. The molecule has 0 aliphatic rings. The second-order valence-electron chi connectivity index (χ2n) is 5.39. The fraction of sp³-hybridized carbons (Fsp3) is 0. The summed E-state index contributed by atoms with van der Waals surface area (Å²) in [4.78, 5) is 41.0. The zero-order chi connectivity index (χ0) is 19.6. The van der Waals surface area contributed by atoms with Crippen LogP contribution in [0.5, 0.6) is 5.75 Å². The van der Waals surface area contributed by atoms with Gasteiger partial charge in [-0.3, -0.25) is 19.7 Å².